The highest BCUT2D eigenvalue weighted by Crippen LogP contribution is 2.70. The standard InChI is InChI=1S/C34H45FN2O13/c1-18(38)36-24(30(43)46-10-6-7-11-48-37(44)45)15-28(42)47-17-26(41)34-27(49-31(2,3)50-34)14-21-20-13-23(35)22-12-19(39)8-9-32(22,4)29(20)25(40)16-33(21,34)5/h8-9,20-21,24-25,27,29,40H,6-7,10-17H2,1-5H3,(H,36,38)/t20-,21-,24?,25-,27+,29+,32-,33-,34+/m0/s1. The summed E-state index contributed by atoms with van der Waals surface area (Å²) in [6.45, 7) is 7.03. The van der Waals surface area contributed by atoms with Crippen molar-refractivity contribution in [1.82, 2.24) is 5.32 Å². The number of Topliss-reactive ketones (excluding diaryl/α,β-unsaturated/α-hetero) is 1. The van der Waals surface area contributed by atoms with Gasteiger partial charge in [-0.15, -0.1) is 10.1 Å². The van der Waals surface area contributed by atoms with Crippen LogP contribution in [0.25, 0.3) is 0 Å². The van der Waals surface area contributed by atoms with E-state index in [0.29, 0.717) is 12.0 Å². The Bertz CT molecular complexity index is 1510. The maximum atomic E-state index is 15.8. The number of unbranched alkanes of at least 4 members (excludes halogenated alkanes) is 1. The number of ketones is 2. The zero-order chi connectivity index (χ0) is 36.8. The first kappa shape index (κ1) is 37.5. The third-order valence-corrected chi connectivity index (χ3v) is 11.3. The van der Waals surface area contributed by atoms with Crippen molar-refractivity contribution in [3.63, 3.8) is 0 Å². The molecule has 16 heteroatoms. The topological polar surface area (TPSA) is 207 Å². The van der Waals surface area contributed by atoms with Crippen LogP contribution in [0.3, 0.4) is 0 Å². The Morgan fingerprint density at radius 2 is 1.86 bits per heavy atom. The molecule has 0 aromatic carbocycles. The molecule has 0 aromatic heterocycles. The summed E-state index contributed by atoms with van der Waals surface area (Å²) in [4.78, 5) is 78.4. The number of allylic oxidation sites excluding steroid dienone is 4. The van der Waals surface area contributed by atoms with Crippen LogP contribution < -0.4 is 5.32 Å². The molecule has 1 saturated heterocycles. The molecule has 1 amide bonds. The van der Waals surface area contributed by atoms with E-state index in [1.54, 1.807) is 19.9 Å². The summed E-state index contributed by atoms with van der Waals surface area (Å²) in [5, 5.41) is 23.5. The molecular formula is C34H45FN2O13. The number of hydrogen-bond donors (Lipinski definition) is 2. The molecule has 0 aromatic rings. The van der Waals surface area contributed by atoms with Crippen LogP contribution in [0.5, 0.6) is 0 Å². The average Bonchev–Trinajstić information content (AvgIpc) is 3.42. The maximum Gasteiger partial charge on any atom is 0.329 e. The lowest BCUT2D eigenvalue weighted by Gasteiger charge is -2.59. The van der Waals surface area contributed by atoms with Crippen molar-refractivity contribution in [2.45, 2.75) is 109 Å². The van der Waals surface area contributed by atoms with E-state index >= 15 is 4.39 Å². The van der Waals surface area contributed by atoms with Crippen molar-refractivity contribution >= 4 is 29.4 Å². The van der Waals surface area contributed by atoms with Gasteiger partial charge in [-0.05, 0) is 63.0 Å². The monoisotopic (exact) mass is 708 g/mol. The van der Waals surface area contributed by atoms with E-state index in [1.807, 2.05) is 13.8 Å². The van der Waals surface area contributed by atoms with E-state index in [-0.39, 0.29) is 62.8 Å². The first-order valence-corrected chi connectivity index (χ1v) is 16.9. The zero-order valence-corrected chi connectivity index (χ0v) is 28.9. The minimum Gasteiger partial charge on any atom is -0.464 e. The number of ether oxygens (including phenoxy) is 4. The molecule has 2 saturated carbocycles. The number of rotatable bonds is 13. The lowest BCUT2D eigenvalue weighted by atomic mass is 9.46. The summed E-state index contributed by atoms with van der Waals surface area (Å²) < 4.78 is 39.0. The van der Waals surface area contributed by atoms with Gasteiger partial charge in [0.2, 0.25) is 11.7 Å². The van der Waals surface area contributed by atoms with Crippen LogP contribution in [0.15, 0.2) is 23.6 Å². The number of carbonyl (C=O) groups excluding carboxylic acids is 5. The second kappa shape index (κ2) is 13.8. The minimum atomic E-state index is -1.66. The number of hydrogen-bond acceptors (Lipinski definition) is 13. The average molecular weight is 709 g/mol. The van der Waals surface area contributed by atoms with E-state index in [9.17, 15) is 39.2 Å². The van der Waals surface area contributed by atoms with Crippen LogP contribution >= 0.6 is 0 Å². The number of carbonyl (C=O) groups is 5. The van der Waals surface area contributed by atoms with Crippen LogP contribution in [0, 0.1) is 38.7 Å². The molecule has 4 aliphatic carbocycles. The predicted molar refractivity (Wildman–Crippen MR) is 168 cm³/mol. The molecule has 50 heavy (non-hydrogen) atoms. The fourth-order valence-electron chi connectivity index (χ4n) is 9.44. The van der Waals surface area contributed by atoms with Crippen LogP contribution in [-0.2, 0) is 47.8 Å². The number of esters is 2. The number of aliphatic hydroxyl groups is 1. The molecule has 0 bridgehead atoms. The molecule has 1 heterocycles. The van der Waals surface area contributed by atoms with Crippen LogP contribution in [0.2, 0.25) is 0 Å². The Balaban J connectivity index is 1.30. The second-order valence-electron chi connectivity index (χ2n) is 14.9. The SMILES string of the molecule is CC(=O)NC(CC(=O)OCC(=O)[C@@]12OC(C)(C)O[C@@H]1C[C@H]1[C@@H]3CC(F)=C4CC(=O)C=C[C@]4(C)[C@H]3[C@@H](O)C[C@@]12C)C(=O)OCCCCO[N+](=O)[O-]. The molecule has 15 nitrogen and oxygen atoms in total. The van der Waals surface area contributed by atoms with Gasteiger partial charge in [0.05, 0.1) is 31.8 Å². The smallest absolute Gasteiger partial charge is 0.329 e. The molecule has 5 aliphatic rings. The Kier molecular flexibility index (Phi) is 10.3. The normalized spacial score (nSPS) is 35.6. The maximum absolute atomic E-state index is 15.8. The number of halogens is 1. The Morgan fingerprint density at radius 3 is 2.54 bits per heavy atom. The van der Waals surface area contributed by atoms with Gasteiger partial charge >= 0.3 is 11.9 Å². The van der Waals surface area contributed by atoms with Crippen molar-refractivity contribution in [2.75, 3.05) is 19.8 Å². The van der Waals surface area contributed by atoms with Gasteiger partial charge in [-0.1, -0.05) is 19.9 Å². The van der Waals surface area contributed by atoms with Crippen LogP contribution in [-0.4, -0.2) is 89.1 Å². The number of nitrogens with zero attached hydrogens (tertiary/aromatic N) is 1. The van der Waals surface area contributed by atoms with E-state index in [2.05, 4.69) is 10.2 Å². The zero-order valence-electron chi connectivity index (χ0n) is 28.9. The van der Waals surface area contributed by atoms with E-state index in [4.69, 9.17) is 18.9 Å². The van der Waals surface area contributed by atoms with Crippen LogP contribution in [0.1, 0.15) is 79.6 Å². The highest BCUT2D eigenvalue weighted by atomic mass is 19.1. The van der Waals surface area contributed by atoms with Crippen molar-refractivity contribution in [3.05, 3.63) is 33.7 Å². The second-order valence-corrected chi connectivity index (χ2v) is 14.9. The fourth-order valence-corrected chi connectivity index (χ4v) is 9.44. The summed E-state index contributed by atoms with van der Waals surface area (Å²) >= 11 is 0. The molecule has 2 N–H and O–H groups in total. The highest BCUT2D eigenvalue weighted by molar-refractivity contribution is 5.94. The van der Waals surface area contributed by atoms with E-state index in [0.717, 1.165) is 6.92 Å². The molecule has 1 unspecified atom stereocenters. The van der Waals surface area contributed by atoms with E-state index < -0.39 is 94.0 Å². The third-order valence-electron chi connectivity index (χ3n) is 11.3. The first-order chi connectivity index (χ1) is 23.3. The molecule has 5 rings (SSSR count). The van der Waals surface area contributed by atoms with Gasteiger partial charge in [0, 0.05) is 36.5 Å². The molecule has 3 fully saturated rings. The number of nitrogens with one attached hydrogen (secondary N) is 1. The summed E-state index contributed by atoms with van der Waals surface area (Å²) in [5.41, 5.74) is -3.22. The number of amides is 1. The van der Waals surface area contributed by atoms with Crippen molar-refractivity contribution in [3.8, 4) is 0 Å². The lowest BCUT2D eigenvalue weighted by molar-refractivity contribution is -0.757. The fraction of sp³-hybridized carbons (Fsp3) is 0.735. The predicted octanol–water partition coefficient (Wildman–Crippen LogP) is 2.60. The molecular weight excluding hydrogens is 663 g/mol. The van der Waals surface area contributed by atoms with Gasteiger partial charge in [0.15, 0.2) is 23.8 Å². The number of aliphatic hydroxyl groups excluding tert-OH is 1. The Labute approximate surface area is 288 Å². The largest absolute Gasteiger partial charge is 0.464 e. The van der Waals surface area contributed by atoms with Gasteiger partial charge in [0.1, 0.15) is 11.9 Å². The lowest BCUT2D eigenvalue weighted by Crippen LogP contribution is -2.64. The quantitative estimate of drug-likeness (QED) is 0.122. The summed E-state index contributed by atoms with van der Waals surface area (Å²) in [6, 6.07) is -1.43. The summed E-state index contributed by atoms with van der Waals surface area (Å²) in [6.07, 6.45) is 1.53. The van der Waals surface area contributed by atoms with Gasteiger partial charge < -0.3 is 34.2 Å². The highest BCUT2D eigenvalue weighted by Gasteiger charge is 2.77. The molecule has 9 atom stereocenters. The van der Waals surface area contributed by atoms with Gasteiger partial charge in [0.25, 0.3) is 5.09 Å². The summed E-state index contributed by atoms with van der Waals surface area (Å²) in [5.74, 6) is -6.12. The molecule has 1 aliphatic heterocycles. The molecule has 276 valence electrons. The van der Waals surface area contributed by atoms with Gasteiger partial charge in [-0.25, -0.2) is 9.18 Å². The summed E-state index contributed by atoms with van der Waals surface area (Å²) in [7, 11) is 0. The van der Waals surface area contributed by atoms with E-state index in [1.165, 1.54) is 6.08 Å². The minimum absolute atomic E-state index is 0.00328. The van der Waals surface area contributed by atoms with Gasteiger partial charge in [-0.3, -0.25) is 19.2 Å². The molecule has 0 spiro atoms. The van der Waals surface area contributed by atoms with Crippen molar-refractivity contribution in [1.29, 1.82) is 0 Å². The third kappa shape index (κ3) is 6.68. The first-order valence-electron chi connectivity index (χ1n) is 16.9. The van der Waals surface area contributed by atoms with Crippen molar-refractivity contribution < 1.29 is 62.3 Å². The van der Waals surface area contributed by atoms with Gasteiger partial charge in [-0.2, -0.15) is 0 Å². The van der Waals surface area contributed by atoms with Crippen LogP contribution in [0.4, 0.5) is 4.39 Å². The van der Waals surface area contributed by atoms with Crippen molar-refractivity contribution in [2.24, 2.45) is 28.6 Å². The Hall–Kier alpha value is -3.76. The molecule has 0 radical (unpaired) electrons. The number of fused-ring (bicyclic) bond motifs is 7. The Morgan fingerprint density at radius 1 is 1.16 bits per heavy atom.